The van der Waals surface area contributed by atoms with E-state index in [4.69, 9.17) is 4.74 Å². The van der Waals surface area contributed by atoms with Crippen LogP contribution in [-0.4, -0.2) is 18.5 Å². The molecule has 0 aromatic heterocycles. The van der Waals surface area contributed by atoms with Gasteiger partial charge in [0.15, 0.2) is 5.78 Å². The molecule has 0 aliphatic heterocycles. The Balaban J connectivity index is 2.70. The summed E-state index contributed by atoms with van der Waals surface area (Å²) in [5.74, 6) is 0.0752. The van der Waals surface area contributed by atoms with Crippen molar-refractivity contribution in [2.45, 2.75) is 31.8 Å². The van der Waals surface area contributed by atoms with Gasteiger partial charge in [0.05, 0.1) is 0 Å². The van der Waals surface area contributed by atoms with E-state index in [2.05, 4.69) is 6.58 Å². The number of hydrogen-bond acceptors (Lipinski definition) is 2. The van der Waals surface area contributed by atoms with Gasteiger partial charge in [-0.1, -0.05) is 6.58 Å². The molecule has 0 bridgehead atoms. The Kier molecular flexibility index (Phi) is 2.14. The summed E-state index contributed by atoms with van der Waals surface area (Å²) >= 11 is 0. The molecule has 0 N–H and O–H groups in total. The van der Waals surface area contributed by atoms with Gasteiger partial charge in [-0.25, -0.2) is 0 Å². The first-order valence-electron chi connectivity index (χ1n) is 3.88. The van der Waals surface area contributed by atoms with Crippen molar-refractivity contribution < 1.29 is 9.53 Å². The van der Waals surface area contributed by atoms with Gasteiger partial charge in [-0.2, -0.15) is 0 Å². The molecule has 0 atom stereocenters. The van der Waals surface area contributed by atoms with Crippen molar-refractivity contribution in [3.63, 3.8) is 0 Å². The van der Waals surface area contributed by atoms with E-state index in [1.165, 1.54) is 0 Å². The fraction of sp³-hybridized carbons (Fsp3) is 0.667. The highest BCUT2D eigenvalue weighted by Crippen LogP contribution is 2.37. The molecule has 1 fully saturated rings. The van der Waals surface area contributed by atoms with E-state index in [9.17, 15) is 4.79 Å². The van der Waals surface area contributed by atoms with Crippen LogP contribution in [0.2, 0.25) is 0 Å². The van der Waals surface area contributed by atoms with E-state index in [0.717, 1.165) is 19.3 Å². The smallest absolute Gasteiger partial charge is 0.189 e. The second-order valence-electron chi connectivity index (χ2n) is 3.16. The van der Waals surface area contributed by atoms with Gasteiger partial charge in [-0.3, -0.25) is 4.79 Å². The topological polar surface area (TPSA) is 26.3 Å². The first-order valence-corrected chi connectivity index (χ1v) is 3.88. The number of hydrogen-bond donors (Lipinski definition) is 0. The fourth-order valence-electron chi connectivity index (χ4n) is 1.41. The van der Waals surface area contributed by atoms with Crippen LogP contribution in [0.25, 0.3) is 0 Å². The molecule has 0 radical (unpaired) electrons. The predicted octanol–water partition coefficient (Wildman–Crippen LogP) is 1.70. The van der Waals surface area contributed by atoms with Crippen LogP contribution in [0.15, 0.2) is 12.2 Å². The normalized spacial score (nSPS) is 20.5. The third-order valence-electron chi connectivity index (χ3n) is 2.35. The Morgan fingerprint density at radius 2 is 2.09 bits per heavy atom. The van der Waals surface area contributed by atoms with E-state index in [1.807, 2.05) is 0 Å². The van der Waals surface area contributed by atoms with Crippen LogP contribution in [0.4, 0.5) is 0 Å². The maximum atomic E-state index is 11.5. The maximum Gasteiger partial charge on any atom is 0.189 e. The summed E-state index contributed by atoms with van der Waals surface area (Å²) in [6, 6.07) is 0. The largest absolute Gasteiger partial charge is 0.370 e. The molecule has 2 heteroatoms. The lowest BCUT2D eigenvalue weighted by Gasteiger charge is -2.38. The quantitative estimate of drug-likeness (QED) is 0.578. The number of carbonyl (C=O) groups is 1. The maximum absolute atomic E-state index is 11.5. The molecule has 0 aromatic carbocycles. The number of Topliss-reactive ketones (excluding diaryl/α,β-unsaturated/α-hetero) is 1. The average Bonchev–Trinajstić information content (AvgIpc) is 1.86. The lowest BCUT2D eigenvalue weighted by molar-refractivity contribution is -0.147. The number of ketones is 1. The minimum absolute atomic E-state index is 0.0752. The zero-order valence-electron chi connectivity index (χ0n) is 7.14. The molecule has 1 aliphatic carbocycles. The molecule has 1 aliphatic rings. The minimum atomic E-state index is -0.494. The van der Waals surface area contributed by atoms with Crippen molar-refractivity contribution in [3.05, 3.63) is 12.2 Å². The van der Waals surface area contributed by atoms with Gasteiger partial charge in [0.2, 0.25) is 0 Å². The van der Waals surface area contributed by atoms with Gasteiger partial charge in [-0.15, -0.1) is 0 Å². The Labute approximate surface area is 67.2 Å². The molecule has 2 nitrogen and oxygen atoms in total. The first-order chi connectivity index (χ1) is 5.12. The highest BCUT2D eigenvalue weighted by atomic mass is 16.5. The Morgan fingerprint density at radius 3 is 2.18 bits per heavy atom. The van der Waals surface area contributed by atoms with Crippen LogP contribution in [0.1, 0.15) is 26.2 Å². The van der Waals surface area contributed by atoms with Gasteiger partial charge >= 0.3 is 0 Å². The second-order valence-corrected chi connectivity index (χ2v) is 3.16. The van der Waals surface area contributed by atoms with Crippen molar-refractivity contribution in [1.82, 2.24) is 0 Å². The summed E-state index contributed by atoms with van der Waals surface area (Å²) in [5, 5.41) is 0. The van der Waals surface area contributed by atoms with Crippen LogP contribution in [0.5, 0.6) is 0 Å². The van der Waals surface area contributed by atoms with E-state index >= 15 is 0 Å². The molecular formula is C9H14O2. The van der Waals surface area contributed by atoms with Gasteiger partial charge in [0.25, 0.3) is 0 Å². The molecule has 62 valence electrons. The van der Waals surface area contributed by atoms with Gasteiger partial charge in [-0.05, 0) is 31.8 Å². The fourth-order valence-corrected chi connectivity index (χ4v) is 1.41. The Bertz CT molecular complexity index is 184. The predicted molar refractivity (Wildman–Crippen MR) is 43.4 cm³/mol. The van der Waals surface area contributed by atoms with Gasteiger partial charge in [0, 0.05) is 7.11 Å². The number of rotatable bonds is 3. The molecule has 1 rings (SSSR count). The number of ether oxygens (including phenoxy) is 1. The van der Waals surface area contributed by atoms with E-state index < -0.39 is 5.60 Å². The van der Waals surface area contributed by atoms with Crippen LogP contribution in [0, 0.1) is 0 Å². The van der Waals surface area contributed by atoms with Crippen molar-refractivity contribution in [3.8, 4) is 0 Å². The monoisotopic (exact) mass is 154 g/mol. The third kappa shape index (κ3) is 1.23. The molecular weight excluding hydrogens is 140 g/mol. The average molecular weight is 154 g/mol. The highest BCUT2D eigenvalue weighted by Gasteiger charge is 2.43. The Hall–Kier alpha value is -0.630. The molecule has 1 saturated carbocycles. The van der Waals surface area contributed by atoms with E-state index in [0.29, 0.717) is 5.57 Å². The first kappa shape index (κ1) is 8.47. The summed E-state index contributed by atoms with van der Waals surface area (Å²) in [5.41, 5.74) is 0.109. The molecule has 0 aromatic rings. The highest BCUT2D eigenvalue weighted by molar-refractivity contribution is 6.01. The summed E-state index contributed by atoms with van der Waals surface area (Å²) in [6.45, 7) is 5.36. The van der Waals surface area contributed by atoms with Crippen molar-refractivity contribution >= 4 is 5.78 Å². The summed E-state index contributed by atoms with van der Waals surface area (Å²) in [7, 11) is 1.60. The van der Waals surface area contributed by atoms with Gasteiger partial charge in [0.1, 0.15) is 5.60 Å². The zero-order valence-corrected chi connectivity index (χ0v) is 7.14. The third-order valence-corrected chi connectivity index (χ3v) is 2.35. The summed E-state index contributed by atoms with van der Waals surface area (Å²) < 4.78 is 5.19. The number of methoxy groups -OCH3 is 1. The molecule has 0 amide bonds. The van der Waals surface area contributed by atoms with E-state index in [-0.39, 0.29) is 5.78 Å². The summed E-state index contributed by atoms with van der Waals surface area (Å²) in [6.07, 6.45) is 2.80. The SMILES string of the molecule is C=C(C)C(=O)C1(OC)CCC1. The van der Waals surface area contributed by atoms with Crippen molar-refractivity contribution in [1.29, 1.82) is 0 Å². The minimum Gasteiger partial charge on any atom is -0.370 e. The molecule has 0 spiro atoms. The molecule has 11 heavy (non-hydrogen) atoms. The van der Waals surface area contributed by atoms with Crippen molar-refractivity contribution in [2.75, 3.05) is 7.11 Å². The van der Waals surface area contributed by atoms with Crippen LogP contribution in [-0.2, 0) is 9.53 Å². The van der Waals surface area contributed by atoms with Crippen molar-refractivity contribution in [2.24, 2.45) is 0 Å². The lowest BCUT2D eigenvalue weighted by atomic mass is 9.75. The molecule has 0 unspecified atom stereocenters. The van der Waals surface area contributed by atoms with Crippen LogP contribution in [0.3, 0.4) is 0 Å². The standard InChI is InChI=1S/C9H14O2/c1-7(2)8(10)9(11-3)5-4-6-9/h1,4-6H2,2-3H3. The molecule has 0 saturated heterocycles. The zero-order chi connectivity index (χ0) is 8.48. The van der Waals surface area contributed by atoms with E-state index in [1.54, 1.807) is 14.0 Å². The molecule has 0 heterocycles. The van der Waals surface area contributed by atoms with Crippen LogP contribution >= 0.6 is 0 Å². The summed E-state index contributed by atoms with van der Waals surface area (Å²) in [4.78, 5) is 11.5. The number of carbonyl (C=O) groups excluding carboxylic acids is 1. The lowest BCUT2D eigenvalue weighted by Crippen LogP contribution is -2.47. The second kappa shape index (κ2) is 2.78. The Morgan fingerprint density at radius 1 is 1.55 bits per heavy atom. The van der Waals surface area contributed by atoms with Crippen LogP contribution < -0.4 is 0 Å². The van der Waals surface area contributed by atoms with Gasteiger partial charge < -0.3 is 4.74 Å².